The van der Waals surface area contributed by atoms with E-state index in [9.17, 15) is 0 Å². The Morgan fingerprint density at radius 3 is 2.83 bits per heavy atom. The van der Waals surface area contributed by atoms with Crippen LogP contribution in [0.1, 0.15) is 25.0 Å². The highest BCUT2D eigenvalue weighted by Gasteiger charge is 2.16. The van der Waals surface area contributed by atoms with Crippen molar-refractivity contribution in [1.82, 2.24) is 19.5 Å². The van der Waals surface area contributed by atoms with Gasteiger partial charge in [-0.2, -0.15) is 5.10 Å². The molecule has 1 fully saturated rings. The van der Waals surface area contributed by atoms with Crippen LogP contribution >= 0.6 is 15.9 Å². The first-order valence-electron chi connectivity index (χ1n) is 6.24. The van der Waals surface area contributed by atoms with E-state index >= 15 is 0 Å². The highest BCUT2D eigenvalue weighted by molar-refractivity contribution is 9.10. The van der Waals surface area contributed by atoms with Crippen LogP contribution in [0.5, 0.6) is 0 Å². The van der Waals surface area contributed by atoms with E-state index in [0.29, 0.717) is 5.82 Å². The van der Waals surface area contributed by atoms with Crippen molar-refractivity contribution in [3.8, 4) is 0 Å². The highest BCUT2D eigenvalue weighted by atomic mass is 79.9. The first-order valence-corrected chi connectivity index (χ1v) is 7.04. The lowest BCUT2D eigenvalue weighted by Crippen LogP contribution is -2.29. The van der Waals surface area contributed by atoms with Crippen molar-refractivity contribution in [2.45, 2.75) is 25.8 Å². The van der Waals surface area contributed by atoms with Crippen LogP contribution in [0.2, 0.25) is 0 Å². The van der Waals surface area contributed by atoms with Crippen molar-refractivity contribution >= 4 is 27.3 Å². The zero-order valence-corrected chi connectivity index (χ0v) is 11.7. The molecular weight excluding hydrogens is 294 g/mol. The summed E-state index contributed by atoms with van der Waals surface area (Å²) in [4.78, 5) is 6.50. The Hall–Kier alpha value is -1.14. The molecule has 1 aliphatic heterocycles. The van der Waals surface area contributed by atoms with Gasteiger partial charge in [0.1, 0.15) is 11.8 Å². The van der Waals surface area contributed by atoms with Gasteiger partial charge in [0, 0.05) is 11.0 Å². The Kier molecular flexibility index (Phi) is 3.22. The molecule has 0 spiro atoms. The molecule has 96 valence electrons. The van der Waals surface area contributed by atoms with Gasteiger partial charge < -0.3 is 5.73 Å². The first kappa shape index (κ1) is 11.9. The lowest BCUT2D eigenvalue weighted by atomic mass is 10.1. The van der Waals surface area contributed by atoms with Crippen molar-refractivity contribution in [1.29, 1.82) is 0 Å². The molecule has 0 saturated carbocycles. The SMILES string of the molecule is Nc1ncnn2c(CN3CCCCC3)cc(Br)c12. The highest BCUT2D eigenvalue weighted by Crippen LogP contribution is 2.26. The predicted octanol–water partition coefficient (Wildman–Crippen LogP) is 2.06. The largest absolute Gasteiger partial charge is 0.382 e. The number of nitrogens with zero attached hydrogens (tertiary/aromatic N) is 4. The van der Waals surface area contributed by atoms with Gasteiger partial charge in [0.25, 0.3) is 0 Å². The van der Waals surface area contributed by atoms with Crippen LogP contribution in [0.25, 0.3) is 5.52 Å². The number of rotatable bonds is 2. The minimum absolute atomic E-state index is 0.516. The summed E-state index contributed by atoms with van der Waals surface area (Å²) in [6.45, 7) is 3.26. The predicted molar refractivity (Wildman–Crippen MR) is 74.2 cm³/mol. The summed E-state index contributed by atoms with van der Waals surface area (Å²) in [5.41, 5.74) is 7.91. The fourth-order valence-electron chi connectivity index (χ4n) is 2.54. The third-order valence-corrected chi connectivity index (χ3v) is 4.05. The molecule has 5 nitrogen and oxygen atoms in total. The van der Waals surface area contributed by atoms with Crippen LogP contribution in [0.15, 0.2) is 16.9 Å². The average Bonchev–Trinajstić information content (AvgIpc) is 2.69. The molecular formula is C12H16BrN5. The Morgan fingerprint density at radius 1 is 1.28 bits per heavy atom. The summed E-state index contributed by atoms with van der Waals surface area (Å²) in [5, 5.41) is 4.30. The quantitative estimate of drug-likeness (QED) is 0.922. The number of hydrogen-bond donors (Lipinski definition) is 1. The molecule has 0 bridgehead atoms. The summed E-state index contributed by atoms with van der Waals surface area (Å²) < 4.78 is 2.86. The van der Waals surface area contributed by atoms with E-state index in [4.69, 9.17) is 5.73 Å². The Bertz CT molecular complexity index is 559. The molecule has 18 heavy (non-hydrogen) atoms. The van der Waals surface area contributed by atoms with E-state index in [2.05, 4.69) is 37.0 Å². The molecule has 2 aromatic heterocycles. The minimum Gasteiger partial charge on any atom is -0.382 e. The second-order valence-corrected chi connectivity index (χ2v) is 5.58. The van der Waals surface area contributed by atoms with E-state index in [1.54, 1.807) is 0 Å². The van der Waals surface area contributed by atoms with Crippen LogP contribution in [-0.2, 0) is 6.54 Å². The zero-order valence-electron chi connectivity index (χ0n) is 10.1. The molecule has 3 rings (SSSR count). The van der Waals surface area contributed by atoms with Crippen LogP contribution in [0.4, 0.5) is 5.82 Å². The van der Waals surface area contributed by atoms with Crippen molar-refractivity contribution in [3.63, 3.8) is 0 Å². The van der Waals surface area contributed by atoms with Gasteiger partial charge in [-0.25, -0.2) is 9.50 Å². The van der Waals surface area contributed by atoms with Crippen molar-refractivity contribution in [2.75, 3.05) is 18.8 Å². The second-order valence-electron chi connectivity index (χ2n) is 4.73. The summed E-state index contributed by atoms with van der Waals surface area (Å²) in [6, 6.07) is 2.09. The molecule has 6 heteroatoms. The van der Waals surface area contributed by atoms with E-state index in [1.807, 2.05) is 4.52 Å². The van der Waals surface area contributed by atoms with Crippen LogP contribution < -0.4 is 5.73 Å². The smallest absolute Gasteiger partial charge is 0.152 e. The van der Waals surface area contributed by atoms with E-state index in [0.717, 1.165) is 22.2 Å². The number of anilines is 1. The Balaban J connectivity index is 1.94. The number of fused-ring (bicyclic) bond motifs is 1. The van der Waals surface area contributed by atoms with E-state index in [1.165, 1.54) is 38.7 Å². The molecule has 0 aromatic carbocycles. The number of likely N-dealkylation sites (tertiary alicyclic amines) is 1. The monoisotopic (exact) mass is 309 g/mol. The molecule has 0 atom stereocenters. The van der Waals surface area contributed by atoms with Crippen molar-refractivity contribution in [3.05, 3.63) is 22.6 Å². The number of piperidine rings is 1. The third-order valence-electron chi connectivity index (χ3n) is 3.44. The molecule has 3 heterocycles. The Labute approximate surface area is 114 Å². The number of hydrogen-bond acceptors (Lipinski definition) is 4. The molecule has 0 aliphatic carbocycles. The summed E-state index contributed by atoms with van der Waals surface area (Å²) in [5.74, 6) is 0.516. The van der Waals surface area contributed by atoms with Gasteiger partial charge in [0.2, 0.25) is 0 Å². The number of nitrogen functional groups attached to an aromatic ring is 1. The maximum absolute atomic E-state index is 5.89. The normalized spacial score (nSPS) is 17.4. The van der Waals surface area contributed by atoms with Gasteiger partial charge in [-0.05, 0) is 47.9 Å². The minimum atomic E-state index is 0.516. The Morgan fingerprint density at radius 2 is 2.06 bits per heavy atom. The van der Waals surface area contributed by atoms with Gasteiger partial charge in [0.15, 0.2) is 5.82 Å². The molecule has 0 amide bonds. The fourth-order valence-corrected chi connectivity index (χ4v) is 3.18. The molecule has 0 unspecified atom stereocenters. The van der Waals surface area contributed by atoms with Gasteiger partial charge in [-0.3, -0.25) is 4.90 Å². The van der Waals surface area contributed by atoms with Crippen LogP contribution in [0.3, 0.4) is 0 Å². The number of aromatic nitrogens is 3. The first-order chi connectivity index (χ1) is 8.75. The topological polar surface area (TPSA) is 59.4 Å². The van der Waals surface area contributed by atoms with Crippen molar-refractivity contribution < 1.29 is 0 Å². The van der Waals surface area contributed by atoms with Crippen LogP contribution in [0, 0.1) is 0 Å². The number of halogens is 1. The van der Waals surface area contributed by atoms with Crippen molar-refractivity contribution in [2.24, 2.45) is 0 Å². The maximum atomic E-state index is 5.89. The van der Waals surface area contributed by atoms with Gasteiger partial charge in [-0.1, -0.05) is 6.42 Å². The van der Waals surface area contributed by atoms with Gasteiger partial charge in [0.05, 0.1) is 5.69 Å². The molecule has 1 aliphatic rings. The maximum Gasteiger partial charge on any atom is 0.152 e. The standard InChI is InChI=1S/C12H16BrN5/c13-10-6-9(7-17-4-2-1-3-5-17)18-11(10)12(14)15-8-16-18/h6,8H,1-5,7H2,(H2,14,15,16). The molecule has 2 N–H and O–H groups in total. The summed E-state index contributed by atoms with van der Waals surface area (Å²) in [7, 11) is 0. The second kappa shape index (κ2) is 4.85. The van der Waals surface area contributed by atoms with Gasteiger partial charge in [-0.15, -0.1) is 0 Å². The number of nitrogens with two attached hydrogens (primary N) is 1. The summed E-state index contributed by atoms with van der Waals surface area (Å²) >= 11 is 3.53. The van der Waals surface area contributed by atoms with Gasteiger partial charge >= 0.3 is 0 Å². The van der Waals surface area contributed by atoms with Crippen LogP contribution in [-0.4, -0.2) is 32.6 Å². The average molecular weight is 310 g/mol. The molecule has 2 aromatic rings. The zero-order chi connectivity index (χ0) is 12.5. The fraction of sp³-hybridized carbons (Fsp3) is 0.500. The molecule has 1 saturated heterocycles. The van der Waals surface area contributed by atoms with E-state index in [-0.39, 0.29) is 0 Å². The summed E-state index contributed by atoms with van der Waals surface area (Å²) in [6.07, 6.45) is 5.45. The molecule has 0 radical (unpaired) electrons. The lowest BCUT2D eigenvalue weighted by Gasteiger charge is -2.25. The lowest BCUT2D eigenvalue weighted by molar-refractivity contribution is 0.217. The van der Waals surface area contributed by atoms with E-state index < -0.39 is 0 Å². The third kappa shape index (κ3) is 2.10.